The molecular formula is C13H21ClO. The lowest BCUT2D eigenvalue weighted by Crippen LogP contribution is -2.38. The molecule has 0 aromatic carbocycles. The van der Waals surface area contributed by atoms with Crippen LogP contribution < -0.4 is 0 Å². The predicted molar refractivity (Wildman–Crippen MR) is 66.1 cm³/mol. The van der Waals surface area contributed by atoms with Gasteiger partial charge in [-0.25, -0.2) is 0 Å². The molecule has 2 atom stereocenters. The molecule has 15 heavy (non-hydrogen) atoms. The molecule has 1 fully saturated rings. The highest BCUT2D eigenvalue weighted by atomic mass is 35.5. The maximum atomic E-state index is 10.7. The van der Waals surface area contributed by atoms with Gasteiger partial charge in [0, 0.05) is 17.7 Å². The van der Waals surface area contributed by atoms with Gasteiger partial charge in [0.15, 0.2) is 0 Å². The largest absolute Gasteiger partial charge is 0.389 e. The van der Waals surface area contributed by atoms with Crippen molar-refractivity contribution in [2.45, 2.75) is 37.7 Å². The van der Waals surface area contributed by atoms with Gasteiger partial charge in [-0.15, -0.1) is 24.8 Å². The van der Waals surface area contributed by atoms with E-state index in [9.17, 15) is 5.11 Å². The van der Waals surface area contributed by atoms with Crippen LogP contribution in [0.15, 0.2) is 25.3 Å². The Kier molecular flexibility index (Phi) is 4.88. The summed E-state index contributed by atoms with van der Waals surface area (Å²) in [4.78, 5) is 0. The van der Waals surface area contributed by atoms with Crippen LogP contribution in [0.5, 0.6) is 0 Å². The number of hydrogen-bond acceptors (Lipinski definition) is 1. The lowest BCUT2D eigenvalue weighted by Gasteiger charge is -2.33. The summed E-state index contributed by atoms with van der Waals surface area (Å²) < 4.78 is 0. The Morgan fingerprint density at radius 1 is 1.20 bits per heavy atom. The zero-order valence-corrected chi connectivity index (χ0v) is 10.0. The van der Waals surface area contributed by atoms with Gasteiger partial charge in [-0.2, -0.15) is 0 Å². The molecule has 0 aromatic heterocycles. The molecule has 2 heteroatoms. The fraction of sp³-hybridized carbons (Fsp3) is 0.692. The Hall–Kier alpha value is -0.270. The molecule has 0 aliphatic heterocycles. The van der Waals surface area contributed by atoms with Crippen molar-refractivity contribution >= 4 is 11.6 Å². The molecule has 0 amide bonds. The van der Waals surface area contributed by atoms with Crippen LogP contribution >= 0.6 is 11.6 Å². The minimum atomic E-state index is -0.616. The van der Waals surface area contributed by atoms with E-state index < -0.39 is 5.60 Å². The average Bonchev–Trinajstić information content (AvgIpc) is 2.55. The van der Waals surface area contributed by atoms with E-state index in [2.05, 4.69) is 13.2 Å². The van der Waals surface area contributed by atoms with Crippen LogP contribution in [-0.4, -0.2) is 16.6 Å². The molecule has 1 aliphatic rings. The van der Waals surface area contributed by atoms with Crippen molar-refractivity contribution in [2.24, 2.45) is 11.8 Å². The normalized spacial score (nSPS) is 28.9. The molecular weight excluding hydrogens is 208 g/mol. The molecule has 1 N–H and O–H groups in total. The monoisotopic (exact) mass is 228 g/mol. The van der Waals surface area contributed by atoms with Gasteiger partial charge in [0.2, 0.25) is 0 Å². The molecule has 0 spiro atoms. The maximum absolute atomic E-state index is 10.7. The van der Waals surface area contributed by atoms with Gasteiger partial charge in [-0.3, -0.25) is 0 Å². The first-order valence-electron chi connectivity index (χ1n) is 5.72. The van der Waals surface area contributed by atoms with Gasteiger partial charge < -0.3 is 5.11 Å². The standard InChI is InChI=1S/C13H21ClO/c1-3-11-7-8-12(4-2)13(11,15)9-5-6-10-14/h3-4,11-12,15H,1-2,5-10H2/t11-,12-/m1/s1. The van der Waals surface area contributed by atoms with Crippen molar-refractivity contribution in [3.05, 3.63) is 25.3 Å². The summed E-state index contributed by atoms with van der Waals surface area (Å²) >= 11 is 5.65. The lowest BCUT2D eigenvalue weighted by molar-refractivity contribution is -0.0165. The molecule has 86 valence electrons. The zero-order valence-electron chi connectivity index (χ0n) is 9.29. The van der Waals surface area contributed by atoms with Crippen LogP contribution in [0.2, 0.25) is 0 Å². The molecule has 0 unspecified atom stereocenters. The van der Waals surface area contributed by atoms with E-state index >= 15 is 0 Å². The fourth-order valence-corrected chi connectivity index (χ4v) is 2.84. The number of aliphatic hydroxyl groups is 1. The van der Waals surface area contributed by atoms with Gasteiger partial charge in [0.05, 0.1) is 5.60 Å². The third-order valence-electron chi connectivity index (χ3n) is 3.60. The summed E-state index contributed by atoms with van der Waals surface area (Å²) in [5, 5.41) is 10.7. The van der Waals surface area contributed by atoms with E-state index in [0.717, 1.165) is 32.1 Å². The van der Waals surface area contributed by atoms with Crippen molar-refractivity contribution in [1.29, 1.82) is 0 Å². The number of unbranched alkanes of at least 4 members (excludes halogenated alkanes) is 1. The Labute approximate surface area is 97.8 Å². The second-order valence-corrected chi connectivity index (χ2v) is 4.78. The molecule has 1 aliphatic carbocycles. The van der Waals surface area contributed by atoms with Gasteiger partial charge in [0.1, 0.15) is 0 Å². The van der Waals surface area contributed by atoms with Crippen molar-refractivity contribution in [1.82, 2.24) is 0 Å². The van der Waals surface area contributed by atoms with Crippen LogP contribution in [0.25, 0.3) is 0 Å². The van der Waals surface area contributed by atoms with Crippen LogP contribution in [0.3, 0.4) is 0 Å². The number of halogens is 1. The van der Waals surface area contributed by atoms with E-state index in [4.69, 9.17) is 11.6 Å². The third kappa shape index (κ3) is 2.64. The van der Waals surface area contributed by atoms with Gasteiger partial charge in [-0.1, -0.05) is 12.2 Å². The molecule has 0 bridgehead atoms. The van der Waals surface area contributed by atoms with Crippen molar-refractivity contribution in [3.8, 4) is 0 Å². The Balaban J connectivity index is 2.64. The molecule has 1 saturated carbocycles. The molecule has 1 nitrogen and oxygen atoms in total. The quantitative estimate of drug-likeness (QED) is 0.419. The molecule has 1 rings (SSSR count). The Morgan fingerprint density at radius 3 is 2.13 bits per heavy atom. The summed E-state index contributed by atoms with van der Waals surface area (Å²) in [5.41, 5.74) is -0.616. The lowest BCUT2D eigenvalue weighted by atomic mass is 9.80. The van der Waals surface area contributed by atoms with E-state index in [1.54, 1.807) is 0 Å². The highest BCUT2D eigenvalue weighted by molar-refractivity contribution is 6.17. The SMILES string of the molecule is C=C[C@@H]1CC[C@@H](C=C)C1(O)CCCCCl. The highest BCUT2D eigenvalue weighted by Crippen LogP contribution is 2.44. The van der Waals surface area contributed by atoms with Gasteiger partial charge in [0.25, 0.3) is 0 Å². The first-order valence-corrected chi connectivity index (χ1v) is 6.26. The maximum Gasteiger partial charge on any atom is 0.0772 e. The molecule has 0 aromatic rings. The minimum Gasteiger partial charge on any atom is -0.389 e. The predicted octanol–water partition coefficient (Wildman–Crippen LogP) is 3.52. The zero-order chi connectivity index (χ0) is 11.3. The number of alkyl halides is 1. The second kappa shape index (κ2) is 5.72. The van der Waals surface area contributed by atoms with Crippen LogP contribution in [0.1, 0.15) is 32.1 Å². The molecule has 0 radical (unpaired) electrons. The second-order valence-electron chi connectivity index (χ2n) is 4.40. The summed E-state index contributed by atoms with van der Waals surface area (Å²) in [6.45, 7) is 7.63. The van der Waals surface area contributed by atoms with Crippen LogP contribution in [0.4, 0.5) is 0 Å². The fourth-order valence-electron chi connectivity index (χ4n) is 2.65. The van der Waals surface area contributed by atoms with Crippen molar-refractivity contribution in [3.63, 3.8) is 0 Å². The molecule has 0 saturated heterocycles. The van der Waals surface area contributed by atoms with Crippen LogP contribution in [0, 0.1) is 11.8 Å². The average molecular weight is 229 g/mol. The first-order chi connectivity index (χ1) is 7.19. The van der Waals surface area contributed by atoms with Gasteiger partial charge >= 0.3 is 0 Å². The van der Waals surface area contributed by atoms with E-state index in [1.165, 1.54) is 0 Å². The van der Waals surface area contributed by atoms with Crippen molar-refractivity contribution in [2.75, 3.05) is 5.88 Å². The first kappa shape index (κ1) is 12.8. The number of rotatable bonds is 6. The topological polar surface area (TPSA) is 20.2 Å². The van der Waals surface area contributed by atoms with Crippen molar-refractivity contribution < 1.29 is 5.11 Å². The Morgan fingerprint density at radius 2 is 1.73 bits per heavy atom. The third-order valence-corrected chi connectivity index (χ3v) is 3.87. The number of hydrogen-bond donors (Lipinski definition) is 1. The molecule has 0 heterocycles. The highest BCUT2D eigenvalue weighted by Gasteiger charge is 2.45. The van der Waals surface area contributed by atoms with E-state index in [-0.39, 0.29) is 11.8 Å². The van der Waals surface area contributed by atoms with E-state index in [1.807, 2.05) is 12.2 Å². The summed E-state index contributed by atoms with van der Waals surface area (Å²) in [6.07, 6.45) is 8.60. The summed E-state index contributed by atoms with van der Waals surface area (Å²) in [7, 11) is 0. The summed E-state index contributed by atoms with van der Waals surface area (Å²) in [5.74, 6) is 1.11. The van der Waals surface area contributed by atoms with Crippen LogP contribution in [-0.2, 0) is 0 Å². The summed E-state index contributed by atoms with van der Waals surface area (Å²) in [6, 6.07) is 0. The minimum absolute atomic E-state index is 0.218. The van der Waals surface area contributed by atoms with E-state index in [0.29, 0.717) is 5.88 Å². The smallest absolute Gasteiger partial charge is 0.0772 e. The van der Waals surface area contributed by atoms with Gasteiger partial charge in [-0.05, 0) is 32.1 Å². The Bertz CT molecular complexity index is 209.